The van der Waals surface area contributed by atoms with E-state index in [1.54, 1.807) is 7.11 Å². The summed E-state index contributed by atoms with van der Waals surface area (Å²) in [5, 5.41) is 1.26. The number of hydrogen-bond acceptors (Lipinski definition) is 2. The molecule has 0 unspecified atom stereocenters. The second-order valence-electron chi connectivity index (χ2n) is 4.63. The number of benzene rings is 1. The van der Waals surface area contributed by atoms with Crippen LogP contribution in [0, 0.1) is 0 Å². The maximum Gasteiger partial charge on any atom is 0.142 e. The quantitative estimate of drug-likeness (QED) is 0.772. The molecule has 0 bridgehead atoms. The summed E-state index contributed by atoms with van der Waals surface area (Å²) in [5.74, 6) is 0.905. The molecule has 0 atom stereocenters. The monoisotopic (exact) mass is 258 g/mol. The van der Waals surface area contributed by atoms with Crippen LogP contribution in [0.4, 0.5) is 0 Å². The van der Waals surface area contributed by atoms with Crippen molar-refractivity contribution in [2.24, 2.45) is 0 Å². The van der Waals surface area contributed by atoms with Crippen molar-refractivity contribution in [2.75, 3.05) is 26.7 Å². The number of methoxy groups -OCH3 is 1. The largest absolute Gasteiger partial charge is 0.495 e. The Morgan fingerprint density at radius 2 is 2.26 bits per heavy atom. The first kappa shape index (κ1) is 13.7. The van der Waals surface area contributed by atoms with Crippen molar-refractivity contribution < 1.29 is 4.74 Å². The van der Waals surface area contributed by atoms with E-state index in [1.807, 2.05) is 18.2 Å². The van der Waals surface area contributed by atoms with Crippen LogP contribution in [0.3, 0.4) is 0 Å². The summed E-state index contributed by atoms with van der Waals surface area (Å²) < 4.78 is 5.37. The van der Waals surface area contributed by atoms with Crippen molar-refractivity contribution >= 4 is 10.9 Å². The summed E-state index contributed by atoms with van der Waals surface area (Å²) in [6, 6.07) is 6.17. The Balaban J connectivity index is 2.15. The summed E-state index contributed by atoms with van der Waals surface area (Å²) in [6.45, 7) is 9.03. The van der Waals surface area contributed by atoms with Crippen LogP contribution in [-0.2, 0) is 6.42 Å². The van der Waals surface area contributed by atoms with Gasteiger partial charge in [0.25, 0.3) is 0 Å². The predicted molar refractivity (Wildman–Crippen MR) is 80.9 cm³/mol. The number of rotatable bonds is 7. The molecule has 1 aromatic heterocycles. The lowest BCUT2D eigenvalue weighted by atomic mass is 10.1. The number of nitrogens with zero attached hydrogens (tertiary/aromatic N) is 1. The zero-order chi connectivity index (χ0) is 13.7. The molecule has 0 aliphatic rings. The number of hydrogen-bond donors (Lipinski definition) is 1. The van der Waals surface area contributed by atoms with E-state index in [0.29, 0.717) is 0 Å². The molecule has 3 heteroatoms. The number of fused-ring (bicyclic) bond motifs is 1. The molecule has 0 fully saturated rings. The lowest BCUT2D eigenvalue weighted by Crippen LogP contribution is -2.25. The number of nitrogens with one attached hydrogen (secondary N) is 1. The third kappa shape index (κ3) is 2.99. The van der Waals surface area contributed by atoms with E-state index in [1.165, 1.54) is 10.9 Å². The van der Waals surface area contributed by atoms with Gasteiger partial charge in [0.15, 0.2) is 0 Å². The molecule has 1 heterocycles. The number of H-pyrrole nitrogens is 1. The molecular formula is C16H22N2O. The second kappa shape index (κ2) is 6.43. The zero-order valence-electron chi connectivity index (χ0n) is 11.8. The molecule has 102 valence electrons. The Morgan fingerprint density at radius 1 is 1.42 bits per heavy atom. The average Bonchev–Trinajstić information content (AvgIpc) is 2.86. The maximum absolute atomic E-state index is 5.37. The van der Waals surface area contributed by atoms with Gasteiger partial charge in [0.1, 0.15) is 5.75 Å². The van der Waals surface area contributed by atoms with Gasteiger partial charge in [-0.3, -0.25) is 4.90 Å². The number of aromatic nitrogens is 1. The van der Waals surface area contributed by atoms with Gasteiger partial charge in [-0.2, -0.15) is 0 Å². The third-order valence-corrected chi connectivity index (χ3v) is 3.51. The first-order chi connectivity index (χ1) is 9.30. The van der Waals surface area contributed by atoms with Gasteiger partial charge in [0.2, 0.25) is 0 Å². The molecule has 2 aromatic rings. The maximum atomic E-state index is 5.37. The molecule has 0 aliphatic carbocycles. The molecule has 3 nitrogen and oxygen atoms in total. The first-order valence-electron chi connectivity index (χ1n) is 6.76. The van der Waals surface area contributed by atoms with Crippen molar-refractivity contribution in [1.29, 1.82) is 0 Å². The fraction of sp³-hybridized carbons (Fsp3) is 0.375. The number of ether oxygens (including phenoxy) is 1. The molecule has 1 N–H and O–H groups in total. The smallest absolute Gasteiger partial charge is 0.142 e. The molecular weight excluding hydrogens is 236 g/mol. The van der Waals surface area contributed by atoms with Crippen LogP contribution in [0.1, 0.15) is 12.5 Å². The van der Waals surface area contributed by atoms with Crippen LogP contribution >= 0.6 is 0 Å². The van der Waals surface area contributed by atoms with Gasteiger partial charge in [-0.05, 0) is 24.6 Å². The van der Waals surface area contributed by atoms with Gasteiger partial charge >= 0.3 is 0 Å². The minimum atomic E-state index is 0.905. The number of aromatic amines is 1. The van der Waals surface area contributed by atoms with Crippen LogP contribution < -0.4 is 4.74 Å². The molecule has 0 radical (unpaired) electrons. The lowest BCUT2D eigenvalue weighted by molar-refractivity contribution is 0.324. The Kier molecular flexibility index (Phi) is 4.63. The molecule has 0 saturated carbocycles. The molecule has 2 rings (SSSR count). The predicted octanol–water partition coefficient (Wildman–Crippen LogP) is 3.23. The van der Waals surface area contributed by atoms with E-state index in [-0.39, 0.29) is 0 Å². The van der Waals surface area contributed by atoms with E-state index in [9.17, 15) is 0 Å². The van der Waals surface area contributed by atoms with E-state index < -0.39 is 0 Å². The molecule has 0 saturated heterocycles. The molecule has 0 aliphatic heterocycles. The highest BCUT2D eigenvalue weighted by Crippen LogP contribution is 2.27. The van der Waals surface area contributed by atoms with Crippen LogP contribution in [0.2, 0.25) is 0 Å². The average molecular weight is 258 g/mol. The van der Waals surface area contributed by atoms with E-state index in [4.69, 9.17) is 4.74 Å². The Hall–Kier alpha value is -1.74. The standard InChI is InChI=1S/C16H22N2O/c1-4-10-18(5-2)11-9-13-12-17-16-14(13)7-6-8-15(16)19-3/h4,6-8,12,17H,1,5,9-11H2,2-3H3. The SMILES string of the molecule is C=CCN(CC)CCc1c[nH]c2c(OC)cccc12. The highest BCUT2D eigenvalue weighted by Gasteiger charge is 2.08. The summed E-state index contributed by atoms with van der Waals surface area (Å²) in [6.07, 6.45) is 5.09. The molecule has 0 amide bonds. The number of likely N-dealkylation sites (N-methyl/N-ethyl adjacent to an activating group) is 1. The van der Waals surface area contributed by atoms with E-state index in [2.05, 4.69) is 35.6 Å². The minimum Gasteiger partial charge on any atom is -0.495 e. The summed E-state index contributed by atoms with van der Waals surface area (Å²) in [7, 11) is 1.71. The van der Waals surface area contributed by atoms with Crippen molar-refractivity contribution in [3.8, 4) is 5.75 Å². The first-order valence-corrected chi connectivity index (χ1v) is 6.76. The molecule has 19 heavy (non-hydrogen) atoms. The van der Waals surface area contributed by atoms with Crippen LogP contribution in [-0.4, -0.2) is 36.6 Å². The number of para-hydroxylation sites is 1. The van der Waals surface area contributed by atoms with Crippen LogP contribution in [0.5, 0.6) is 5.75 Å². The highest BCUT2D eigenvalue weighted by atomic mass is 16.5. The van der Waals surface area contributed by atoms with Crippen molar-refractivity contribution in [1.82, 2.24) is 9.88 Å². The van der Waals surface area contributed by atoms with Crippen LogP contribution in [0.15, 0.2) is 37.1 Å². The highest BCUT2D eigenvalue weighted by molar-refractivity contribution is 5.88. The fourth-order valence-electron chi connectivity index (χ4n) is 2.40. The van der Waals surface area contributed by atoms with Gasteiger partial charge in [-0.15, -0.1) is 6.58 Å². The van der Waals surface area contributed by atoms with Crippen molar-refractivity contribution in [3.05, 3.63) is 42.6 Å². The van der Waals surface area contributed by atoms with Crippen molar-refractivity contribution in [2.45, 2.75) is 13.3 Å². The topological polar surface area (TPSA) is 28.3 Å². The lowest BCUT2D eigenvalue weighted by Gasteiger charge is -2.17. The molecule has 1 aromatic carbocycles. The third-order valence-electron chi connectivity index (χ3n) is 3.51. The minimum absolute atomic E-state index is 0.905. The molecule has 0 spiro atoms. The Morgan fingerprint density at radius 3 is 2.95 bits per heavy atom. The zero-order valence-corrected chi connectivity index (χ0v) is 11.8. The van der Waals surface area contributed by atoms with Gasteiger partial charge in [0, 0.05) is 24.7 Å². The van der Waals surface area contributed by atoms with Crippen LogP contribution in [0.25, 0.3) is 10.9 Å². The fourth-order valence-corrected chi connectivity index (χ4v) is 2.40. The van der Waals surface area contributed by atoms with Gasteiger partial charge in [-0.25, -0.2) is 0 Å². The summed E-state index contributed by atoms with van der Waals surface area (Å²) in [4.78, 5) is 5.70. The van der Waals surface area contributed by atoms with Crippen molar-refractivity contribution in [3.63, 3.8) is 0 Å². The van der Waals surface area contributed by atoms with Gasteiger partial charge in [0.05, 0.1) is 12.6 Å². The van der Waals surface area contributed by atoms with E-state index >= 15 is 0 Å². The Bertz CT molecular complexity index is 545. The summed E-state index contributed by atoms with van der Waals surface area (Å²) >= 11 is 0. The normalized spacial score (nSPS) is 11.1. The Labute approximate surface area is 114 Å². The summed E-state index contributed by atoms with van der Waals surface area (Å²) in [5.41, 5.74) is 2.43. The van der Waals surface area contributed by atoms with E-state index in [0.717, 1.165) is 37.3 Å². The van der Waals surface area contributed by atoms with Gasteiger partial charge < -0.3 is 9.72 Å². The second-order valence-corrected chi connectivity index (χ2v) is 4.63. The van der Waals surface area contributed by atoms with Gasteiger partial charge in [-0.1, -0.05) is 25.1 Å².